The molecule has 0 aromatic heterocycles. The van der Waals surface area contributed by atoms with Gasteiger partial charge in [0.05, 0.1) is 22.1 Å². The summed E-state index contributed by atoms with van der Waals surface area (Å²) in [5.74, 6) is -1.95. The molecule has 28 heavy (non-hydrogen) atoms. The molecule has 0 N–H and O–H groups in total. The Kier molecular flexibility index (Phi) is 5.21. The monoisotopic (exact) mass is 382 g/mol. The Morgan fingerprint density at radius 2 is 1.68 bits per heavy atom. The van der Waals surface area contributed by atoms with Crippen LogP contribution in [0.1, 0.15) is 41.0 Å². The van der Waals surface area contributed by atoms with E-state index < -0.39 is 28.7 Å². The van der Waals surface area contributed by atoms with Gasteiger partial charge in [-0.2, -0.15) is 0 Å². The fourth-order valence-electron chi connectivity index (χ4n) is 3.09. The number of benzene rings is 2. The van der Waals surface area contributed by atoms with Crippen LogP contribution in [0.3, 0.4) is 0 Å². The molecular weight excluding hydrogens is 364 g/mol. The maximum absolute atomic E-state index is 12.8. The number of esters is 1. The van der Waals surface area contributed by atoms with E-state index in [0.717, 1.165) is 11.0 Å². The number of carbonyl (C=O) groups is 3. The molecule has 0 spiro atoms. The Morgan fingerprint density at radius 3 is 2.21 bits per heavy atom. The second-order valence-electron chi connectivity index (χ2n) is 6.85. The molecule has 0 aliphatic carbocycles. The van der Waals surface area contributed by atoms with Crippen LogP contribution in [0.4, 0.5) is 5.69 Å². The molecule has 0 bridgehead atoms. The van der Waals surface area contributed by atoms with Gasteiger partial charge in [0.15, 0.2) is 0 Å². The number of nitrogens with zero attached hydrogens (tertiary/aromatic N) is 2. The minimum atomic E-state index is -1.13. The Bertz CT molecular complexity index is 934. The van der Waals surface area contributed by atoms with Gasteiger partial charge in [0.1, 0.15) is 11.8 Å². The zero-order valence-electron chi connectivity index (χ0n) is 15.3. The van der Waals surface area contributed by atoms with E-state index in [4.69, 9.17) is 4.74 Å². The zero-order valence-corrected chi connectivity index (χ0v) is 15.3. The molecule has 0 radical (unpaired) electrons. The number of amides is 2. The van der Waals surface area contributed by atoms with Crippen molar-refractivity contribution in [2.75, 3.05) is 0 Å². The highest BCUT2D eigenvalue weighted by atomic mass is 16.6. The van der Waals surface area contributed by atoms with E-state index in [-0.39, 0.29) is 34.9 Å². The molecule has 1 aliphatic rings. The van der Waals surface area contributed by atoms with E-state index >= 15 is 0 Å². The van der Waals surface area contributed by atoms with E-state index in [1.165, 1.54) is 30.3 Å². The summed E-state index contributed by atoms with van der Waals surface area (Å²) in [5, 5.41) is 10.9. The smallest absolute Gasteiger partial charge is 0.334 e. The number of hydrogen-bond acceptors (Lipinski definition) is 6. The van der Waals surface area contributed by atoms with Crippen LogP contribution in [0.2, 0.25) is 0 Å². The van der Waals surface area contributed by atoms with Crippen molar-refractivity contribution in [1.82, 2.24) is 4.90 Å². The first kappa shape index (κ1) is 19.2. The Morgan fingerprint density at radius 1 is 1.07 bits per heavy atom. The maximum Gasteiger partial charge on any atom is 0.334 e. The lowest BCUT2D eigenvalue weighted by Crippen LogP contribution is -2.47. The summed E-state index contributed by atoms with van der Waals surface area (Å²) in [4.78, 5) is 49.5. The highest BCUT2D eigenvalue weighted by Gasteiger charge is 2.43. The van der Waals surface area contributed by atoms with Crippen molar-refractivity contribution in [2.45, 2.75) is 26.3 Å². The quantitative estimate of drug-likeness (QED) is 0.250. The van der Waals surface area contributed by atoms with Crippen molar-refractivity contribution in [1.29, 1.82) is 0 Å². The third-order valence-corrected chi connectivity index (χ3v) is 4.35. The summed E-state index contributed by atoms with van der Waals surface area (Å²) < 4.78 is 5.29. The van der Waals surface area contributed by atoms with E-state index in [1.54, 1.807) is 12.1 Å². The van der Waals surface area contributed by atoms with E-state index in [0.29, 0.717) is 0 Å². The molecule has 1 aliphatic heterocycles. The van der Waals surface area contributed by atoms with Gasteiger partial charge in [-0.25, -0.2) is 4.79 Å². The number of nitro groups is 1. The van der Waals surface area contributed by atoms with Gasteiger partial charge < -0.3 is 4.74 Å². The molecule has 0 saturated heterocycles. The Hall–Kier alpha value is -3.55. The molecule has 0 fully saturated rings. The molecule has 1 atom stereocenters. The van der Waals surface area contributed by atoms with Gasteiger partial charge in [-0.15, -0.1) is 0 Å². The predicted molar refractivity (Wildman–Crippen MR) is 98.9 cm³/mol. The number of imide groups is 1. The van der Waals surface area contributed by atoms with Gasteiger partial charge in [-0.3, -0.25) is 24.6 Å². The minimum absolute atomic E-state index is 0.00743. The van der Waals surface area contributed by atoms with Crippen molar-refractivity contribution >= 4 is 23.5 Å². The topological polar surface area (TPSA) is 107 Å². The molecule has 8 nitrogen and oxygen atoms in total. The number of fused-ring (bicyclic) bond motifs is 1. The fourth-order valence-corrected chi connectivity index (χ4v) is 3.09. The summed E-state index contributed by atoms with van der Waals surface area (Å²) in [6, 6.07) is 10.4. The van der Waals surface area contributed by atoms with Crippen LogP contribution in [0, 0.1) is 16.0 Å². The normalized spacial score (nSPS) is 14.2. The third kappa shape index (κ3) is 3.62. The first-order chi connectivity index (χ1) is 13.3. The SMILES string of the molecule is CC(C)C[C@@H](C(=O)Oc1cccc([N+](=O)[O-])c1)N1C(=O)c2ccccc2C1=O. The van der Waals surface area contributed by atoms with Crippen LogP contribution >= 0.6 is 0 Å². The largest absolute Gasteiger partial charge is 0.425 e. The van der Waals surface area contributed by atoms with E-state index in [2.05, 4.69) is 0 Å². The number of non-ortho nitro benzene ring substituents is 1. The molecule has 3 rings (SSSR count). The predicted octanol–water partition coefficient (Wildman–Crippen LogP) is 3.21. The number of carbonyl (C=O) groups excluding carboxylic acids is 3. The molecule has 0 saturated carbocycles. The molecule has 2 aromatic rings. The van der Waals surface area contributed by atoms with Crippen LogP contribution in [0.25, 0.3) is 0 Å². The van der Waals surface area contributed by atoms with Gasteiger partial charge >= 0.3 is 5.97 Å². The minimum Gasteiger partial charge on any atom is -0.425 e. The summed E-state index contributed by atoms with van der Waals surface area (Å²) in [5.41, 5.74) is 0.250. The number of rotatable bonds is 6. The zero-order chi connectivity index (χ0) is 20.4. The number of hydrogen-bond donors (Lipinski definition) is 0. The first-order valence-electron chi connectivity index (χ1n) is 8.72. The van der Waals surface area contributed by atoms with Gasteiger partial charge in [-0.1, -0.05) is 32.0 Å². The lowest BCUT2D eigenvalue weighted by molar-refractivity contribution is -0.384. The maximum atomic E-state index is 12.8. The number of ether oxygens (including phenoxy) is 1. The molecule has 2 aromatic carbocycles. The van der Waals surface area contributed by atoms with E-state index in [9.17, 15) is 24.5 Å². The molecule has 144 valence electrons. The van der Waals surface area contributed by atoms with Crippen LogP contribution in [0.5, 0.6) is 5.75 Å². The van der Waals surface area contributed by atoms with Crippen LogP contribution in [-0.4, -0.2) is 33.6 Å². The number of nitro benzene ring substituents is 1. The van der Waals surface area contributed by atoms with Crippen molar-refractivity contribution in [3.05, 3.63) is 69.8 Å². The standard InChI is InChI=1S/C20H18N2O6/c1-12(2)10-17(20(25)28-14-7-5-6-13(11-14)22(26)27)21-18(23)15-8-3-4-9-16(15)19(21)24/h3-9,11-12,17H,10H2,1-2H3/t17-/m0/s1. The summed E-state index contributed by atoms with van der Waals surface area (Å²) in [6.45, 7) is 3.71. The summed E-state index contributed by atoms with van der Waals surface area (Å²) in [6.07, 6.45) is 0.208. The van der Waals surface area contributed by atoms with Gasteiger partial charge in [0, 0.05) is 6.07 Å². The molecule has 8 heteroatoms. The van der Waals surface area contributed by atoms with Crippen LogP contribution < -0.4 is 4.74 Å². The van der Waals surface area contributed by atoms with Crippen LogP contribution in [-0.2, 0) is 4.79 Å². The fraction of sp³-hybridized carbons (Fsp3) is 0.250. The third-order valence-electron chi connectivity index (χ3n) is 4.35. The van der Waals surface area contributed by atoms with Gasteiger partial charge in [0.2, 0.25) is 0 Å². The summed E-state index contributed by atoms with van der Waals surface area (Å²) in [7, 11) is 0. The molecule has 2 amide bonds. The average molecular weight is 382 g/mol. The molecular formula is C20H18N2O6. The van der Waals surface area contributed by atoms with Crippen LogP contribution in [0.15, 0.2) is 48.5 Å². The lowest BCUT2D eigenvalue weighted by Gasteiger charge is -2.25. The second kappa shape index (κ2) is 7.59. The lowest BCUT2D eigenvalue weighted by atomic mass is 10.0. The van der Waals surface area contributed by atoms with Gasteiger partial charge in [-0.05, 0) is 30.5 Å². The Balaban J connectivity index is 1.90. The van der Waals surface area contributed by atoms with E-state index in [1.807, 2.05) is 13.8 Å². The van der Waals surface area contributed by atoms with Crippen molar-refractivity contribution in [2.24, 2.45) is 5.92 Å². The highest BCUT2D eigenvalue weighted by Crippen LogP contribution is 2.28. The average Bonchev–Trinajstić information content (AvgIpc) is 2.91. The second-order valence-corrected chi connectivity index (χ2v) is 6.85. The van der Waals surface area contributed by atoms with Crippen molar-refractivity contribution in [3.8, 4) is 5.75 Å². The van der Waals surface area contributed by atoms with Crippen molar-refractivity contribution in [3.63, 3.8) is 0 Å². The molecule has 1 heterocycles. The first-order valence-corrected chi connectivity index (χ1v) is 8.72. The van der Waals surface area contributed by atoms with Crippen molar-refractivity contribution < 1.29 is 24.0 Å². The molecule has 0 unspecified atom stereocenters. The highest BCUT2D eigenvalue weighted by molar-refractivity contribution is 6.22. The summed E-state index contributed by atoms with van der Waals surface area (Å²) >= 11 is 0. The van der Waals surface area contributed by atoms with Gasteiger partial charge in [0.25, 0.3) is 17.5 Å². The Labute approximate surface area is 160 Å².